The van der Waals surface area contributed by atoms with Gasteiger partial charge >= 0.3 is 0 Å². The first kappa shape index (κ1) is 21.3. The summed E-state index contributed by atoms with van der Waals surface area (Å²) in [7, 11) is 8.46. The molecule has 0 aliphatic carbocycles. The number of fused-ring (bicyclic) bond motifs is 2. The average Bonchev–Trinajstić information content (AvgIpc) is 3.06. The number of nitrogens with zero attached hydrogens (tertiary/aromatic N) is 5. The fourth-order valence-corrected chi connectivity index (χ4v) is 4.00. The van der Waals surface area contributed by atoms with E-state index in [1.54, 1.807) is 0 Å². The van der Waals surface area contributed by atoms with Gasteiger partial charge in [0.2, 0.25) is 0 Å². The Morgan fingerprint density at radius 2 is 1.71 bits per heavy atom. The predicted molar refractivity (Wildman–Crippen MR) is 129 cm³/mol. The molecule has 162 valence electrons. The Kier molecular flexibility index (Phi) is 6.49. The number of para-hydroxylation sites is 2. The first-order valence-corrected chi connectivity index (χ1v) is 10.9. The number of aryl methyl sites for hydroxylation is 1. The van der Waals surface area contributed by atoms with E-state index in [1.165, 1.54) is 16.6 Å². The highest BCUT2D eigenvalue weighted by atomic mass is 15.2. The molecule has 1 N–H and O–H groups in total. The lowest BCUT2D eigenvalue weighted by atomic mass is 10.2. The van der Waals surface area contributed by atoms with Crippen LogP contribution in [0.4, 0.5) is 5.82 Å². The van der Waals surface area contributed by atoms with E-state index in [0.717, 1.165) is 48.6 Å². The fourth-order valence-electron chi connectivity index (χ4n) is 4.00. The molecule has 0 bridgehead atoms. The van der Waals surface area contributed by atoms with E-state index in [2.05, 4.69) is 90.3 Å². The Hall–Kier alpha value is -2.96. The standard InChI is InChI=1S/C25H32N6/c1-29(2)15-9-14-26-25-21-11-6-7-12-22(21)27-24(28-25)18-30(3)17-20-16-19-10-5-8-13-23(19)31(20)4/h5-8,10-13,16H,9,14-15,17-18H2,1-4H3,(H,26,27,28). The summed E-state index contributed by atoms with van der Waals surface area (Å²) in [5.74, 6) is 1.77. The van der Waals surface area contributed by atoms with Crippen molar-refractivity contribution in [2.24, 2.45) is 7.05 Å². The number of nitrogens with one attached hydrogen (secondary N) is 1. The maximum atomic E-state index is 4.88. The molecule has 0 fully saturated rings. The molecule has 0 saturated heterocycles. The maximum Gasteiger partial charge on any atom is 0.145 e. The number of anilines is 1. The van der Waals surface area contributed by atoms with Crippen LogP contribution in [0.5, 0.6) is 0 Å². The minimum atomic E-state index is 0.693. The second-order valence-electron chi connectivity index (χ2n) is 8.51. The van der Waals surface area contributed by atoms with E-state index in [4.69, 9.17) is 9.97 Å². The molecule has 2 aromatic carbocycles. The van der Waals surface area contributed by atoms with Crippen molar-refractivity contribution in [2.45, 2.75) is 19.5 Å². The molecule has 2 heterocycles. The molecule has 4 rings (SSSR count). The second kappa shape index (κ2) is 9.45. The Bertz CT molecular complexity index is 1160. The molecule has 0 atom stereocenters. The molecule has 31 heavy (non-hydrogen) atoms. The zero-order valence-electron chi connectivity index (χ0n) is 19.0. The lowest BCUT2D eigenvalue weighted by molar-refractivity contribution is 0.304. The summed E-state index contributed by atoms with van der Waals surface area (Å²) in [5.41, 5.74) is 3.53. The third kappa shape index (κ3) is 5.03. The monoisotopic (exact) mass is 416 g/mol. The van der Waals surface area contributed by atoms with Gasteiger partial charge in [-0.3, -0.25) is 4.90 Å². The van der Waals surface area contributed by atoms with Gasteiger partial charge in [-0.05, 0) is 63.8 Å². The molecule has 0 saturated carbocycles. The number of rotatable bonds is 9. The third-order valence-electron chi connectivity index (χ3n) is 5.62. The van der Waals surface area contributed by atoms with Gasteiger partial charge in [0.25, 0.3) is 0 Å². The van der Waals surface area contributed by atoms with E-state index in [1.807, 2.05) is 12.1 Å². The smallest absolute Gasteiger partial charge is 0.145 e. The molecule has 0 unspecified atom stereocenters. The molecule has 0 spiro atoms. The molecule has 0 aliphatic heterocycles. The van der Waals surface area contributed by atoms with E-state index >= 15 is 0 Å². The third-order valence-corrected chi connectivity index (χ3v) is 5.62. The van der Waals surface area contributed by atoms with E-state index in [-0.39, 0.29) is 0 Å². The summed E-state index contributed by atoms with van der Waals surface area (Å²) in [6, 6.07) is 19.0. The summed E-state index contributed by atoms with van der Waals surface area (Å²) in [6.07, 6.45) is 1.07. The van der Waals surface area contributed by atoms with Crippen LogP contribution in [-0.4, -0.2) is 58.6 Å². The van der Waals surface area contributed by atoms with Crippen LogP contribution in [0, 0.1) is 0 Å². The molecule has 2 aromatic heterocycles. The van der Waals surface area contributed by atoms with Crippen molar-refractivity contribution in [3.8, 4) is 0 Å². The first-order valence-electron chi connectivity index (χ1n) is 10.9. The summed E-state index contributed by atoms with van der Waals surface area (Å²) in [5, 5.41) is 5.89. The van der Waals surface area contributed by atoms with Crippen LogP contribution in [0.1, 0.15) is 17.9 Å². The highest BCUT2D eigenvalue weighted by Gasteiger charge is 2.12. The van der Waals surface area contributed by atoms with Crippen LogP contribution in [-0.2, 0) is 20.1 Å². The quantitative estimate of drug-likeness (QED) is 0.416. The lowest BCUT2D eigenvalue weighted by Crippen LogP contribution is -2.21. The fraction of sp³-hybridized carbons (Fsp3) is 0.360. The number of hydrogen-bond donors (Lipinski definition) is 1. The average molecular weight is 417 g/mol. The number of aromatic nitrogens is 3. The Labute approximate surface area is 184 Å². The summed E-state index contributed by atoms with van der Waals surface area (Å²) in [6.45, 7) is 3.48. The van der Waals surface area contributed by atoms with Gasteiger partial charge in [-0.2, -0.15) is 0 Å². The molecule has 4 aromatic rings. The SMILES string of the molecule is CN(C)CCCNc1nc(CN(C)Cc2cc3ccccc3n2C)nc2ccccc12. The van der Waals surface area contributed by atoms with Crippen LogP contribution in [0.15, 0.2) is 54.6 Å². The van der Waals surface area contributed by atoms with Crippen LogP contribution in [0.25, 0.3) is 21.8 Å². The second-order valence-corrected chi connectivity index (χ2v) is 8.51. The van der Waals surface area contributed by atoms with Crippen LogP contribution >= 0.6 is 0 Å². The highest BCUT2D eigenvalue weighted by Crippen LogP contribution is 2.22. The molecular formula is C25H32N6. The molecular weight excluding hydrogens is 384 g/mol. The zero-order valence-corrected chi connectivity index (χ0v) is 19.0. The van der Waals surface area contributed by atoms with E-state index in [0.29, 0.717) is 6.54 Å². The predicted octanol–water partition coefficient (Wildman–Crippen LogP) is 4.12. The molecule has 0 radical (unpaired) electrons. The topological polar surface area (TPSA) is 49.2 Å². The zero-order chi connectivity index (χ0) is 21.8. The first-order chi connectivity index (χ1) is 15.0. The minimum absolute atomic E-state index is 0.693. The van der Waals surface area contributed by atoms with Gasteiger partial charge in [0.15, 0.2) is 0 Å². The van der Waals surface area contributed by atoms with Gasteiger partial charge in [0.1, 0.15) is 11.6 Å². The van der Waals surface area contributed by atoms with Crippen LogP contribution < -0.4 is 5.32 Å². The minimum Gasteiger partial charge on any atom is -0.369 e. The van der Waals surface area contributed by atoms with Gasteiger partial charge in [-0.25, -0.2) is 9.97 Å². The maximum absolute atomic E-state index is 4.88. The van der Waals surface area contributed by atoms with Crippen LogP contribution in [0.2, 0.25) is 0 Å². The van der Waals surface area contributed by atoms with Crippen molar-refractivity contribution >= 4 is 27.6 Å². The van der Waals surface area contributed by atoms with Crippen molar-refractivity contribution in [3.05, 3.63) is 66.1 Å². The number of hydrogen-bond acceptors (Lipinski definition) is 5. The van der Waals surface area contributed by atoms with Crippen LogP contribution in [0.3, 0.4) is 0 Å². The van der Waals surface area contributed by atoms with Gasteiger partial charge in [0, 0.05) is 36.7 Å². The summed E-state index contributed by atoms with van der Waals surface area (Å²) < 4.78 is 2.27. The molecule has 0 aliphatic rings. The largest absolute Gasteiger partial charge is 0.369 e. The van der Waals surface area contributed by atoms with Gasteiger partial charge in [-0.1, -0.05) is 30.3 Å². The van der Waals surface area contributed by atoms with Gasteiger partial charge < -0.3 is 14.8 Å². The molecule has 0 amide bonds. The normalized spacial score (nSPS) is 11.8. The number of benzene rings is 2. The van der Waals surface area contributed by atoms with Crippen molar-refractivity contribution in [2.75, 3.05) is 39.5 Å². The van der Waals surface area contributed by atoms with E-state index < -0.39 is 0 Å². The van der Waals surface area contributed by atoms with Gasteiger partial charge in [-0.15, -0.1) is 0 Å². The Balaban J connectivity index is 1.50. The summed E-state index contributed by atoms with van der Waals surface area (Å²) >= 11 is 0. The van der Waals surface area contributed by atoms with Crippen molar-refractivity contribution in [1.29, 1.82) is 0 Å². The highest BCUT2D eigenvalue weighted by molar-refractivity contribution is 5.89. The van der Waals surface area contributed by atoms with E-state index in [9.17, 15) is 0 Å². The molecule has 6 nitrogen and oxygen atoms in total. The van der Waals surface area contributed by atoms with Gasteiger partial charge in [0.05, 0.1) is 12.1 Å². The Morgan fingerprint density at radius 3 is 2.52 bits per heavy atom. The van der Waals surface area contributed by atoms with Crippen molar-refractivity contribution in [1.82, 2.24) is 24.3 Å². The van der Waals surface area contributed by atoms with Crippen molar-refractivity contribution < 1.29 is 0 Å². The lowest BCUT2D eigenvalue weighted by Gasteiger charge is -2.18. The molecule has 6 heteroatoms. The Morgan fingerprint density at radius 1 is 0.935 bits per heavy atom. The summed E-state index contributed by atoms with van der Waals surface area (Å²) in [4.78, 5) is 14.2. The van der Waals surface area contributed by atoms with Crippen molar-refractivity contribution in [3.63, 3.8) is 0 Å².